The highest BCUT2D eigenvalue weighted by Gasteiger charge is 2.37. The number of hydrogen-bond acceptors (Lipinski definition) is 4. The van der Waals surface area contributed by atoms with Gasteiger partial charge in [0.1, 0.15) is 5.25 Å². The maximum atomic E-state index is 12.7. The van der Waals surface area contributed by atoms with Crippen molar-refractivity contribution in [2.75, 3.05) is 12.4 Å². The van der Waals surface area contributed by atoms with E-state index in [0.717, 1.165) is 27.7 Å². The van der Waals surface area contributed by atoms with Gasteiger partial charge in [-0.2, -0.15) is 0 Å². The number of amides is 2. The molecule has 30 heavy (non-hydrogen) atoms. The predicted octanol–water partition coefficient (Wildman–Crippen LogP) is 5.05. The second-order valence-electron chi connectivity index (χ2n) is 7.45. The highest BCUT2D eigenvalue weighted by Crippen LogP contribution is 2.33. The van der Waals surface area contributed by atoms with E-state index in [0.29, 0.717) is 5.17 Å². The minimum atomic E-state index is -0.477. The van der Waals surface area contributed by atoms with Crippen molar-refractivity contribution >= 4 is 50.9 Å². The number of aryl methyl sites for hydroxylation is 2. The number of hydrogen-bond donors (Lipinski definition) is 1. The lowest BCUT2D eigenvalue weighted by Gasteiger charge is -2.10. The lowest BCUT2D eigenvalue weighted by Crippen LogP contribution is -2.30. The van der Waals surface area contributed by atoms with Crippen LogP contribution >= 0.6 is 11.8 Å². The molecule has 0 radical (unpaired) electrons. The number of thioether (sulfide) groups is 1. The van der Waals surface area contributed by atoms with Crippen molar-refractivity contribution in [1.29, 1.82) is 0 Å². The standard InChI is InChI=1S/C24H23N3O2S/c1-15-11-12-18(13-16(15)2)25-22(28)14-21-23(29)27(3)24(30-21)26-20-10-6-8-17-7-4-5-9-19(17)20/h4-13,21H,14H2,1-3H3,(H,25,28)/t21-/m1/s1. The summed E-state index contributed by atoms with van der Waals surface area (Å²) in [6.07, 6.45) is 0.106. The molecular weight excluding hydrogens is 394 g/mol. The first-order valence-corrected chi connectivity index (χ1v) is 10.7. The third kappa shape index (κ3) is 4.09. The maximum Gasteiger partial charge on any atom is 0.242 e. The number of carbonyl (C=O) groups is 2. The number of anilines is 1. The summed E-state index contributed by atoms with van der Waals surface area (Å²) in [5, 5.41) is 5.16. The Morgan fingerprint density at radius 3 is 2.63 bits per heavy atom. The van der Waals surface area contributed by atoms with Gasteiger partial charge in [0.25, 0.3) is 0 Å². The molecule has 2 amide bonds. The highest BCUT2D eigenvalue weighted by molar-refractivity contribution is 8.15. The third-order valence-electron chi connectivity index (χ3n) is 5.28. The lowest BCUT2D eigenvalue weighted by molar-refractivity contribution is -0.127. The van der Waals surface area contributed by atoms with E-state index in [9.17, 15) is 9.59 Å². The van der Waals surface area contributed by atoms with Gasteiger partial charge in [0, 0.05) is 24.5 Å². The minimum Gasteiger partial charge on any atom is -0.326 e. The third-order valence-corrected chi connectivity index (χ3v) is 6.51. The Bertz CT molecular complexity index is 1170. The van der Waals surface area contributed by atoms with Gasteiger partial charge in [-0.25, -0.2) is 4.99 Å². The molecule has 1 aliphatic rings. The van der Waals surface area contributed by atoms with Gasteiger partial charge in [0.15, 0.2) is 5.17 Å². The molecule has 1 N–H and O–H groups in total. The second kappa shape index (κ2) is 8.32. The number of fused-ring (bicyclic) bond motifs is 1. The molecule has 0 bridgehead atoms. The molecule has 3 aromatic rings. The van der Waals surface area contributed by atoms with Gasteiger partial charge in [-0.3, -0.25) is 14.5 Å². The molecule has 0 aliphatic carbocycles. The Balaban J connectivity index is 1.50. The first kappa shape index (κ1) is 20.2. The molecule has 5 nitrogen and oxygen atoms in total. The van der Waals surface area contributed by atoms with E-state index >= 15 is 0 Å². The molecule has 1 heterocycles. The van der Waals surface area contributed by atoms with Gasteiger partial charge in [-0.1, -0.05) is 54.2 Å². The summed E-state index contributed by atoms with van der Waals surface area (Å²) >= 11 is 1.34. The van der Waals surface area contributed by atoms with E-state index in [1.54, 1.807) is 11.9 Å². The highest BCUT2D eigenvalue weighted by atomic mass is 32.2. The zero-order valence-electron chi connectivity index (χ0n) is 17.2. The normalized spacial score (nSPS) is 17.7. The number of aliphatic imine (C=N–C) groups is 1. The van der Waals surface area contributed by atoms with Crippen LogP contribution in [0.1, 0.15) is 17.5 Å². The van der Waals surface area contributed by atoms with Gasteiger partial charge in [0.05, 0.1) is 5.69 Å². The van der Waals surface area contributed by atoms with Crippen LogP contribution in [0, 0.1) is 13.8 Å². The Hall–Kier alpha value is -3.12. The molecule has 1 aliphatic heterocycles. The number of amidine groups is 1. The monoisotopic (exact) mass is 417 g/mol. The smallest absolute Gasteiger partial charge is 0.242 e. The van der Waals surface area contributed by atoms with E-state index in [2.05, 4.69) is 5.32 Å². The Morgan fingerprint density at radius 1 is 1.07 bits per heavy atom. The van der Waals surface area contributed by atoms with Crippen LogP contribution in [0.25, 0.3) is 10.8 Å². The zero-order valence-corrected chi connectivity index (χ0v) is 18.0. The molecule has 152 valence electrons. The first-order valence-electron chi connectivity index (χ1n) is 9.80. The molecule has 0 saturated carbocycles. The van der Waals surface area contributed by atoms with Gasteiger partial charge < -0.3 is 5.32 Å². The van der Waals surface area contributed by atoms with E-state index in [1.807, 2.05) is 74.5 Å². The van der Waals surface area contributed by atoms with Crippen molar-refractivity contribution < 1.29 is 9.59 Å². The van der Waals surface area contributed by atoms with Crippen LogP contribution in [0.4, 0.5) is 11.4 Å². The van der Waals surface area contributed by atoms with Gasteiger partial charge >= 0.3 is 0 Å². The summed E-state index contributed by atoms with van der Waals surface area (Å²) < 4.78 is 0. The van der Waals surface area contributed by atoms with E-state index in [-0.39, 0.29) is 18.2 Å². The average Bonchev–Trinajstić information content (AvgIpc) is 2.99. The molecule has 4 rings (SSSR count). The molecular formula is C24H23N3O2S. The Kier molecular flexibility index (Phi) is 5.59. The first-order chi connectivity index (χ1) is 14.4. The maximum absolute atomic E-state index is 12.7. The topological polar surface area (TPSA) is 61.8 Å². The minimum absolute atomic E-state index is 0.103. The quantitative estimate of drug-likeness (QED) is 0.646. The molecule has 6 heteroatoms. The fraction of sp³-hybridized carbons (Fsp3) is 0.208. The van der Waals surface area contributed by atoms with E-state index in [1.165, 1.54) is 17.3 Å². The summed E-state index contributed by atoms with van der Waals surface area (Å²) in [5.74, 6) is -0.280. The SMILES string of the molecule is Cc1ccc(NC(=O)C[C@H]2SC(=Nc3cccc4ccccc34)N(C)C2=O)cc1C. The fourth-order valence-corrected chi connectivity index (χ4v) is 4.55. The molecule has 1 saturated heterocycles. The van der Waals surface area contributed by atoms with Crippen molar-refractivity contribution in [3.8, 4) is 0 Å². The molecule has 1 atom stereocenters. The summed E-state index contributed by atoms with van der Waals surface area (Å²) in [6.45, 7) is 4.04. The number of rotatable bonds is 4. The van der Waals surface area contributed by atoms with Crippen LogP contribution < -0.4 is 5.32 Å². The van der Waals surface area contributed by atoms with Gasteiger partial charge in [-0.15, -0.1) is 0 Å². The molecule has 1 fully saturated rings. The van der Waals surface area contributed by atoms with Crippen LogP contribution in [-0.2, 0) is 9.59 Å². The summed E-state index contributed by atoms with van der Waals surface area (Å²) in [5.41, 5.74) is 3.85. The molecule has 0 unspecified atom stereocenters. The van der Waals surface area contributed by atoms with Crippen LogP contribution in [0.15, 0.2) is 65.7 Å². The fourth-order valence-electron chi connectivity index (χ4n) is 3.41. The second-order valence-corrected chi connectivity index (χ2v) is 8.62. The van der Waals surface area contributed by atoms with Crippen molar-refractivity contribution in [2.45, 2.75) is 25.5 Å². The van der Waals surface area contributed by atoms with E-state index in [4.69, 9.17) is 4.99 Å². The largest absolute Gasteiger partial charge is 0.326 e. The van der Waals surface area contributed by atoms with Crippen molar-refractivity contribution in [3.05, 3.63) is 71.8 Å². The van der Waals surface area contributed by atoms with Crippen LogP contribution in [0.2, 0.25) is 0 Å². The summed E-state index contributed by atoms with van der Waals surface area (Å²) in [6, 6.07) is 19.7. The summed E-state index contributed by atoms with van der Waals surface area (Å²) in [4.78, 5) is 31.5. The van der Waals surface area contributed by atoms with E-state index < -0.39 is 5.25 Å². The summed E-state index contributed by atoms with van der Waals surface area (Å²) in [7, 11) is 1.71. The molecule has 0 aromatic heterocycles. The van der Waals surface area contributed by atoms with Gasteiger partial charge in [-0.05, 0) is 48.6 Å². The van der Waals surface area contributed by atoms with Crippen molar-refractivity contribution in [3.63, 3.8) is 0 Å². The molecule has 0 spiro atoms. The van der Waals surface area contributed by atoms with Crippen LogP contribution in [0.5, 0.6) is 0 Å². The van der Waals surface area contributed by atoms with Gasteiger partial charge in [0.2, 0.25) is 11.8 Å². The average molecular weight is 418 g/mol. The zero-order chi connectivity index (χ0) is 21.3. The number of nitrogens with zero attached hydrogens (tertiary/aromatic N) is 2. The Labute approximate surface area is 180 Å². The molecule has 3 aromatic carbocycles. The van der Waals surface area contributed by atoms with Crippen LogP contribution in [0.3, 0.4) is 0 Å². The number of benzene rings is 3. The van der Waals surface area contributed by atoms with Crippen molar-refractivity contribution in [2.24, 2.45) is 4.99 Å². The number of nitrogens with one attached hydrogen (secondary N) is 1. The Morgan fingerprint density at radius 2 is 1.83 bits per heavy atom. The number of carbonyl (C=O) groups excluding carboxylic acids is 2. The van der Waals surface area contributed by atoms with Crippen LogP contribution in [-0.4, -0.2) is 34.2 Å². The predicted molar refractivity (Wildman–Crippen MR) is 124 cm³/mol. The van der Waals surface area contributed by atoms with Crippen molar-refractivity contribution in [1.82, 2.24) is 4.90 Å². The lowest BCUT2D eigenvalue weighted by atomic mass is 10.1.